The summed E-state index contributed by atoms with van der Waals surface area (Å²) in [6, 6.07) is 7.44. The number of nitrogens with zero attached hydrogens (tertiary/aromatic N) is 4. The van der Waals surface area contributed by atoms with Crippen molar-refractivity contribution in [2.45, 2.75) is 37.6 Å². The standard InChI is InChI=1S/C14H15ClN4O2/c15-11-6-2-1-5-10(11)9-12-16-18-19(17-12)14(13(20)21)7-3-4-8-14/h1-2,5-6H,3-4,7-9H2,(H,20,21). The van der Waals surface area contributed by atoms with Crippen molar-refractivity contribution < 1.29 is 9.90 Å². The molecule has 7 heteroatoms. The average molecular weight is 307 g/mol. The van der Waals surface area contributed by atoms with E-state index < -0.39 is 11.5 Å². The Morgan fingerprint density at radius 2 is 2.05 bits per heavy atom. The third-order valence-corrected chi connectivity index (χ3v) is 4.34. The second kappa shape index (κ2) is 5.44. The van der Waals surface area contributed by atoms with Gasteiger partial charge in [0.1, 0.15) is 0 Å². The molecular formula is C14H15ClN4O2. The molecule has 110 valence electrons. The van der Waals surface area contributed by atoms with Crippen LogP contribution in [0.25, 0.3) is 0 Å². The minimum Gasteiger partial charge on any atom is -0.479 e. The van der Waals surface area contributed by atoms with Crippen LogP contribution in [-0.2, 0) is 16.8 Å². The van der Waals surface area contributed by atoms with Gasteiger partial charge in [0.25, 0.3) is 0 Å². The number of carboxylic acids is 1. The van der Waals surface area contributed by atoms with Gasteiger partial charge in [0.15, 0.2) is 11.4 Å². The molecule has 0 unspecified atom stereocenters. The molecule has 6 nitrogen and oxygen atoms in total. The van der Waals surface area contributed by atoms with Crippen LogP contribution >= 0.6 is 11.6 Å². The van der Waals surface area contributed by atoms with Crippen LogP contribution in [0.3, 0.4) is 0 Å². The molecule has 3 rings (SSSR count). The highest BCUT2D eigenvalue weighted by molar-refractivity contribution is 6.31. The maximum absolute atomic E-state index is 11.6. The van der Waals surface area contributed by atoms with E-state index in [0.717, 1.165) is 18.4 Å². The topological polar surface area (TPSA) is 80.9 Å². The Balaban J connectivity index is 1.87. The fraction of sp³-hybridized carbons (Fsp3) is 0.429. The van der Waals surface area contributed by atoms with E-state index in [4.69, 9.17) is 11.6 Å². The van der Waals surface area contributed by atoms with Gasteiger partial charge in [-0.25, -0.2) is 4.79 Å². The summed E-state index contributed by atoms with van der Waals surface area (Å²) >= 11 is 6.11. The van der Waals surface area contributed by atoms with Crippen molar-refractivity contribution in [1.82, 2.24) is 20.2 Å². The number of rotatable bonds is 4. The van der Waals surface area contributed by atoms with Gasteiger partial charge in [-0.2, -0.15) is 0 Å². The molecule has 0 spiro atoms. The summed E-state index contributed by atoms with van der Waals surface area (Å²) in [4.78, 5) is 12.9. The van der Waals surface area contributed by atoms with Crippen LogP contribution in [0.15, 0.2) is 24.3 Å². The number of hydrogen-bond donors (Lipinski definition) is 1. The molecule has 1 fully saturated rings. The van der Waals surface area contributed by atoms with Crippen molar-refractivity contribution in [2.24, 2.45) is 0 Å². The first-order chi connectivity index (χ1) is 10.1. The first kappa shape index (κ1) is 14.0. The maximum Gasteiger partial charge on any atom is 0.333 e. The summed E-state index contributed by atoms with van der Waals surface area (Å²) < 4.78 is 0. The number of halogens is 1. The Morgan fingerprint density at radius 1 is 1.33 bits per heavy atom. The predicted molar refractivity (Wildman–Crippen MR) is 76.2 cm³/mol. The highest BCUT2D eigenvalue weighted by Crippen LogP contribution is 2.35. The minimum absolute atomic E-state index is 0.440. The van der Waals surface area contributed by atoms with Crippen LogP contribution < -0.4 is 0 Å². The molecule has 2 aromatic rings. The quantitative estimate of drug-likeness (QED) is 0.937. The maximum atomic E-state index is 11.6. The van der Waals surface area contributed by atoms with Crippen LogP contribution in [0.5, 0.6) is 0 Å². The van der Waals surface area contributed by atoms with Gasteiger partial charge in [-0.15, -0.1) is 15.0 Å². The van der Waals surface area contributed by atoms with Gasteiger partial charge in [0, 0.05) is 11.4 Å². The van der Waals surface area contributed by atoms with Gasteiger partial charge in [0.2, 0.25) is 0 Å². The molecular weight excluding hydrogens is 292 g/mol. The van der Waals surface area contributed by atoms with E-state index in [1.165, 1.54) is 4.80 Å². The molecule has 0 bridgehead atoms. The van der Waals surface area contributed by atoms with E-state index in [2.05, 4.69) is 15.4 Å². The van der Waals surface area contributed by atoms with Crippen molar-refractivity contribution in [2.75, 3.05) is 0 Å². The van der Waals surface area contributed by atoms with E-state index >= 15 is 0 Å². The molecule has 0 atom stereocenters. The van der Waals surface area contributed by atoms with Crippen molar-refractivity contribution in [3.8, 4) is 0 Å². The summed E-state index contributed by atoms with van der Waals surface area (Å²) in [5.74, 6) is -0.405. The number of carbonyl (C=O) groups is 1. The SMILES string of the molecule is O=C(O)C1(n2nnc(Cc3ccccc3Cl)n2)CCCC1. The molecule has 1 N–H and O–H groups in total. The number of aromatic nitrogens is 4. The monoisotopic (exact) mass is 306 g/mol. The number of benzene rings is 1. The zero-order valence-corrected chi connectivity index (χ0v) is 12.1. The van der Waals surface area contributed by atoms with Gasteiger partial charge in [-0.05, 0) is 29.7 Å². The van der Waals surface area contributed by atoms with E-state index in [0.29, 0.717) is 30.1 Å². The van der Waals surface area contributed by atoms with Gasteiger partial charge >= 0.3 is 5.97 Å². The van der Waals surface area contributed by atoms with E-state index in [-0.39, 0.29) is 0 Å². The van der Waals surface area contributed by atoms with Crippen molar-refractivity contribution in [3.05, 3.63) is 40.7 Å². The summed E-state index contributed by atoms with van der Waals surface area (Å²) in [6.45, 7) is 0. The lowest BCUT2D eigenvalue weighted by atomic mass is 9.99. The normalized spacial score (nSPS) is 17.0. The van der Waals surface area contributed by atoms with Crippen molar-refractivity contribution in [3.63, 3.8) is 0 Å². The van der Waals surface area contributed by atoms with Gasteiger partial charge in [-0.1, -0.05) is 42.6 Å². The number of hydrogen-bond acceptors (Lipinski definition) is 4. The second-order valence-corrected chi connectivity index (χ2v) is 5.71. The highest BCUT2D eigenvalue weighted by Gasteiger charge is 2.45. The van der Waals surface area contributed by atoms with Crippen LogP contribution in [0.1, 0.15) is 37.1 Å². The van der Waals surface area contributed by atoms with Crippen LogP contribution in [0.4, 0.5) is 0 Å². The molecule has 0 saturated heterocycles. The van der Waals surface area contributed by atoms with Crippen LogP contribution in [0.2, 0.25) is 5.02 Å². The third kappa shape index (κ3) is 2.51. The Bertz CT molecular complexity index is 664. The molecule has 1 aromatic heterocycles. The molecule has 0 amide bonds. The molecule has 1 saturated carbocycles. The second-order valence-electron chi connectivity index (χ2n) is 5.31. The summed E-state index contributed by atoms with van der Waals surface area (Å²) in [5, 5.41) is 22.4. The lowest BCUT2D eigenvalue weighted by Gasteiger charge is -2.21. The first-order valence-corrected chi connectivity index (χ1v) is 7.26. The lowest BCUT2D eigenvalue weighted by Crippen LogP contribution is -2.41. The van der Waals surface area contributed by atoms with Crippen LogP contribution in [0, 0.1) is 0 Å². The number of carboxylic acid groups (broad SMARTS) is 1. The van der Waals surface area contributed by atoms with Crippen molar-refractivity contribution in [1.29, 1.82) is 0 Å². The molecule has 21 heavy (non-hydrogen) atoms. The van der Waals surface area contributed by atoms with E-state index in [1.54, 1.807) is 6.07 Å². The Labute approximate surface area is 126 Å². The third-order valence-electron chi connectivity index (χ3n) is 3.97. The van der Waals surface area contributed by atoms with E-state index in [1.807, 2.05) is 18.2 Å². The zero-order chi connectivity index (χ0) is 14.9. The largest absolute Gasteiger partial charge is 0.479 e. The van der Waals surface area contributed by atoms with Crippen LogP contribution in [-0.4, -0.2) is 31.3 Å². The lowest BCUT2D eigenvalue weighted by molar-refractivity contribution is -0.148. The fourth-order valence-corrected chi connectivity index (χ4v) is 2.97. The summed E-state index contributed by atoms with van der Waals surface area (Å²) in [5.41, 5.74) is -0.138. The number of tetrazole rings is 1. The molecule has 0 radical (unpaired) electrons. The van der Waals surface area contributed by atoms with Crippen molar-refractivity contribution >= 4 is 17.6 Å². The Kier molecular flexibility index (Phi) is 3.63. The molecule has 1 heterocycles. The minimum atomic E-state index is -1.04. The summed E-state index contributed by atoms with van der Waals surface area (Å²) in [6.07, 6.45) is 3.27. The first-order valence-electron chi connectivity index (χ1n) is 6.88. The predicted octanol–water partition coefficient (Wildman–Crippen LogP) is 2.27. The molecule has 1 aromatic carbocycles. The highest BCUT2D eigenvalue weighted by atomic mass is 35.5. The fourth-order valence-electron chi connectivity index (χ4n) is 2.77. The van der Waals surface area contributed by atoms with Gasteiger partial charge in [0.05, 0.1) is 0 Å². The van der Waals surface area contributed by atoms with Gasteiger partial charge in [-0.3, -0.25) is 0 Å². The summed E-state index contributed by atoms with van der Waals surface area (Å²) in [7, 11) is 0. The zero-order valence-electron chi connectivity index (χ0n) is 11.4. The van der Waals surface area contributed by atoms with E-state index in [9.17, 15) is 9.90 Å². The van der Waals surface area contributed by atoms with Gasteiger partial charge < -0.3 is 5.11 Å². The molecule has 0 aliphatic heterocycles. The smallest absolute Gasteiger partial charge is 0.333 e. The average Bonchev–Trinajstić information content (AvgIpc) is 3.10. The molecule has 1 aliphatic rings. The molecule has 1 aliphatic carbocycles. The Hall–Kier alpha value is -1.95. The Morgan fingerprint density at radius 3 is 2.71 bits per heavy atom. The number of aliphatic carboxylic acids is 1.